The topological polar surface area (TPSA) is 58.2 Å². The molecule has 2 N–H and O–H groups in total. The van der Waals surface area contributed by atoms with Crippen molar-refractivity contribution in [1.29, 1.82) is 0 Å². The van der Waals surface area contributed by atoms with E-state index in [1.807, 2.05) is 0 Å². The molecule has 0 atom stereocenters. The van der Waals surface area contributed by atoms with Crippen LogP contribution in [0.15, 0.2) is 48.5 Å². The molecule has 7 heteroatoms. The molecule has 0 fully saturated rings. The highest BCUT2D eigenvalue weighted by Gasteiger charge is 2.06. The van der Waals surface area contributed by atoms with Crippen LogP contribution in [0.25, 0.3) is 6.08 Å². The number of nitrogens with one attached hydrogen (secondary N) is 2. The molecule has 118 valence electrons. The van der Waals surface area contributed by atoms with Crippen molar-refractivity contribution in [2.75, 3.05) is 0 Å². The number of halogens is 3. The number of hydrogen-bond acceptors (Lipinski definition) is 2. The highest BCUT2D eigenvalue weighted by molar-refractivity contribution is 6.42. The van der Waals surface area contributed by atoms with E-state index in [9.17, 15) is 9.59 Å². The predicted molar refractivity (Wildman–Crippen MR) is 92.6 cm³/mol. The van der Waals surface area contributed by atoms with E-state index in [1.165, 1.54) is 12.1 Å². The van der Waals surface area contributed by atoms with Gasteiger partial charge in [-0.1, -0.05) is 46.9 Å². The van der Waals surface area contributed by atoms with E-state index in [0.717, 1.165) is 0 Å². The zero-order chi connectivity index (χ0) is 16.8. The minimum Gasteiger partial charge on any atom is -0.268 e. The normalized spacial score (nSPS) is 10.6. The van der Waals surface area contributed by atoms with Gasteiger partial charge in [-0.3, -0.25) is 20.4 Å². The number of amides is 2. The first-order valence-electron chi connectivity index (χ1n) is 6.45. The second kappa shape index (κ2) is 8.02. The maximum Gasteiger partial charge on any atom is 0.269 e. The summed E-state index contributed by atoms with van der Waals surface area (Å²) in [6.07, 6.45) is 2.81. The maximum absolute atomic E-state index is 11.8. The molecule has 0 saturated heterocycles. The van der Waals surface area contributed by atoms with Gasteiger partial charge in [0.25, 0.3) is 11.8 Å². The molecule has 0 saturated carbocycles. The van der Waals surface area contributed by atoms with Crippen LogP contribution in [0, 0.1) is 0 Å². The minimum atomic E-state index is -0.494. The van der Waals surface area contributed by atoms with E-state index in [2.05, 4.69) is 10.9 Å². The average molecular weight is 370 g/mol. The zero-order valence-electron chi connectivity index (χ0n) is 11.6. The monoisotopic (exact) mass is 368 g/mol. The van der Waals surface area contributed by atoms with Crippen molar-refractivity contribution in [3.8, 4) is 0 Å². The first-order valence-corrected chi connectivity index (χ1v) is 7.58. The van der Waals surface area contributed by atoms with Crippen molar-refractivity contribution in [1.82, 2.24) is 10.9 Å². The summed E-state index contributed by atoms with van der Waals surface area (Å²) >= 11 is 17.5. The lowest BCUT2D eigenvalue weighted by atomic mass is 10.2. The highest BCUT2D eigenvalue weighted by Crippen LogP contribution is 2.23. The van der Waals surface area contributed by atoms with Gasteiger partial charge in [-0.15, -0.1) is 0 Å². The van der Waals surface area contributed by atoms with E-state index in [1.54, 1.807) is 42.5 Å². The molecule has 0 aliphatic heterocycles. The zero-order valence-corrected chi connectivity index (χ0v) is 13.9. The fraction of sp³-hybridized carbons (Fsp3) is 0. The lowest BCUT2D eigenvalue weighted by Gasteiger charge is -2.05. The van der Waals surface area contributed by atoms with Crippen LogP contribution in [0.5, 0.6) is 0 Å². The summed E-state index contributed by atoms with van der Waals surface area (Å²) in [5.74, 6) is -0.963. The van der Waals surface area contributed by atoms with Gasteiger partial charge in [0.15, 0.2) is 0 Å². The Kier molecular flexibility index (Phi) is 6.04. The number of rotatable bonds is 3. The third kappa shape index (κ3) is 5.28. The number of benzene rings is 2. The largest absolute Gasteiger partial charge is 0.269 e. The van der Waals surface area contributed by atoms with Crippen LogP contribution in [0.3, 0.4) is 0 Å². The molecule has 2 rings (SSSR count). The standard InChI is InChI=1S/C16H11Cl3N2O2/c17-12-3-1-2-11(9-12)16(23)21-20-15(22)7-5-10-4-6-13(18)14(19)8-10/h1-9H,(H,20,22)(H,21,23). The van der Waals surface area contributed by atoms with Crippen molar-refractivity contribution in [2.24, 2.45) is 0 Å². The molecule has 0 heterocycles. The van der Waals surface area contributed by atoms with Crippen molar-refractivity contribution in [2.45, 2.75) is 0 Å². The van der Waals surface area contributed by atoms with E-state index in [0.29, 0.717) is 26.2 Å². The van der Waals surface area contributed by atoms with E-state index >= 15 is 0 Å². The molecule has 0 bridgehead atoms. The Balaban J connectivity index is 1.90. The Bertz CT molecular complexity index is 776. The molecule has 0 radical (unpaired) electrons. The highest BCUT2D eigenvalue weighted by atomic mass is 35.5. The van der Waals surface area contributed by atoms with Gasteiger partial charge in [0.2, 0.25) is 0 Å². The minimum absolute atomic E-state index is 0.339. The molecule has 2 aromatic rings. The Morgan fingerprint density at radius 2 is 1.70 bits per heavy atom. The molecule has 4 nitrogen and oxygen atoms in total. The number of carbonyl (C=O) groups excluding carboxylic acids is 2. The summed E-state index contributed by atoms with van der Waals surface area (Å²) in [7, 11) is 0. The van der Waals surface area contributed by atoms with Crippen LogP contribution in [-0.4, -0.2) is 11.8 Å². The van der Waals surface area contributed by atoms with Crippen LogP contribution in [-0.2, 0) is 4.79 Å². The quantitative estimate of drug-likeness (QED) is 0.631. The molecular formula is C16H11Cl3N2O2. The fourth-order valence-electron chi connectivity index (χ4n) is 1.65. The van der Waals surface area contributed by atoms with Crippen molar-refractivity contribution >= 4 is 52.7 Å². The Hall–Kier alpha value is -2.01. The number of carbonyl (C=O) groups is 2. The van der Waals surface area contributed by atoms with Gasteiger partial charge in [-0.25, -0.2) is 0 Å². The van der Waals surface area contributed by atoms with E-state index < -0.39 is 11.8 Å². The van der Waals surface area contributed by atoms with Gasteiger partial charge in [0.1, 0.15) is 0 Å². The average Bonchev–Trinajstić information content (AvgIpc) is 2.53. The first kappa shape index (κ1) is 17.3. The molecular weight excluding hydrogens is 359 g/mol. The van der Waals surface area contributed by atoms with Crippen LogP contribution in [0.1, 0.15) is 15.9 Å². The van der Waals surface area contributed by atoms with Crippen LogP contribution in [0.4, 0.5) is 0 Å². The second-order valence-corrected chi connectivity index (χ2v) is 5.71. The van der Waals surface area contributed by atoms with Crippen LogP contribution >= 0.6 is 34.8 Å². The summed E-state index contributed by atoms with van der Waals surface area (Å²) in [5, 5.41) is 1.26. The van der Waals surface area contributed by atoms with E-state index in [4.69, 9.17) is 34.8 Å². The lowest BCUT2D eigenvalue weighted by Crippen LogP contribution is -2.40. The fourth-order valence-corrected chi connectivity index (χ4v) is 2.15. The first-order chi connectivity index (χ1) is 11.0. The molecule has 2 aromatic carbocycles. The SMILES string of the molecule is O=C(C=Cc1ccc(Cl)c(Cl)c1)NNC(=O)c1cccc(Cl)c1. The van der Waals surface area contributed by atoms with Gasteiger partial charge >= 0.3 is 0 Å². The van der Waals surface area contributed by atoms with Crippen molar-refractivity contribution in [3.05, 3.63) is 74.7 Å². The van der Waals surface area contributed by atoms with Gasteiger partial charge in [0.05, 0.1) is 10.0 Å². The maximum atomic E-state index is 11.8. The van der Waals surface area contributed by atoms with Crippen molar-refractivity contribution in [3.63, 3.8) is 0 Å². The Labute approximate surface area is 148 Å². The molecule has 2 amide bonds. The molecule has 0 aliphatic rings. The molecule has 0 aliphatic carbocycles. The second-order valence-electron chi connectivity index (χ2n) is 4.46. The number of hydrazine groups is 1. The van der Waals surface area contributed by atoms with Gasteiger partial charge in [-0.05, 0) is 42.0 Å². The van der Waals surface area contributed by atoms with Crippen LogP contribution in [0.2, 0.25) is 15.1 Å². The number of hydrogen-bond donors (Lipinski definition) is 2. The Morgan fingerprint density at radius 1 is 0.913 bits per heavy atom. The van der Waals surface area contributed by atoms with Crippen LogP contribution < -0.4 is 10.9 Å². The molecule has 0 spiro atoms. The lowest BCUT2D eigenvalue weighted by molar-refractivity contribution is -0.117. The summed E-state index contributed by atoms with van der Waals surface area (Å²) < 4.78 is 0. The smallest absolute Gasteiger partial charge is 0.268 e. The summed E-state index contributed by atoms with van der Waals surface area (Å²) in [6, 6.07) is 11.3. The summed E-state index contributed by atoms with van der Waals surface area (Å²) in [6.45, 7) is 0. The van der Waals surface area contributed by atoms with Gasteiger partial charge < -0.3 is 0 Å². The summed E-state index contributed by atoms with van der Waals surface area (Å²) in [4.78, 5) is 23.5. The van der Waals surface area contributed by atoms with Gasteiger partial charge in [0, 0.05) is 16.7 Å². The van der Waals surface area contributed by atoms with Gasteiger partial charge in [-0.2, -0.15) is 0 Å². The molecule has 0 unspecified atom stereocenters. The molecule has 23 heavy (non-hydrogen) atoms. The van der Waals surface area contributed by atoms with Crippen molar-refractivity contribution < 1.29 is 9.59 Å². The third-order valence-electron chi connectivity index (χ3n) is 2.76. The predicted octanol–water partition coefficient (Wildman–Crippen LogP) is 4.12. The Morgan fingerprint density at radius 3 is 2.39 bits per heavy atom. The molecule has 0 aromatic heterocycles. The summed E-state index contributed by atoms with van der Waals surface area (Å²) in [5.41, 5.74) is 5.60. The van der Waals surface area contributed by atoms with E-state index in [-0.39, 0.29) is 0 Å². The third-order valence-corrected chi connectivity index (χ3v) is 3.73.